The van der Waals surface area contributed by atoms with Crippen molar-refractivity contribution in [2.45, 2.75) is 0 Å². The monoisotopic (exact) mass is 305 g/mol. The third-order valence-electron chi connectivity index (χ3n) is 3.60. The molecule has 0 radical (unpaired) electrons. The molecule has 0 saturated heterocycles. The van der Waals surface area contributed by atoms with Crippen LogP contribution in [0.3, 0.4) is 0 Å². The van der Waals surface area contributed by atoms with E-state index in [0.29, 0.717) is 0 Å². The normalized spacial score (nSPS) is 11.0. The van der Waals surface area contributed by atoms with Crippen molar-refractivity contribution in [1.82, 2.24) is 14.6 Å². The maximum absolute atomic E-state index is 6.00. The van der Waals surface area contributed by atoms with Crippen LogP contribution in [-0.2, 0) is 0 Å². The standard InChI is InChI=1S/C18H12ClN3/c19-18-20-17-16(14-9-5-2-6-10-14)11-15(12-22(17)21-18)13-7-3-1-4-8-13/h1-12H. The Hall–Kier alpha value is -2.65. The van der Waals surface area contributed by atoms with E-state index in [0.717, 1.165) is 27.9 Å². The number of hydrogen-bond acceptors (Lipinski definition) is 2. The Morgan fingerprint density at radius 2 is 1.41 bits per heavy atom. The Morgan fingerprint density at radius 3 is 2.09 bits per heavy atom. The molecule has 0 bridgehead atoms. The van der Waals surface area contributed by atoms with E-state index in [-0.39, 0.29) is 5.28 Å². The van der Waals surface area contributed by atoms with Crippen LogP contribution < -0.4 is 0 Å². The van der Waals surface area contributed by atoms with Crippen LogP contribution in [-0.4, -0.2) is 14.6 Å². The van der Waals surface area contributed by atoms with Gasteiger partial charge in [-0.1, -0.05) is 60.7 Å². The van der Waals surface area contributed by atoms with Gasteiger partial charge in [-0.05, 0) is 28.8 Å². The van der Waals surface area contributed by atoms with Crippen LogP contribution in [0.25, 0.3) is 27.9 Å². The molecule has 0 unspecified atom stereocenters. The SMILES string of the molecule is Clc1nc2c(-c3ccccc3)cc(-c3ccccc3)cn2n1. The molecule has 0 aliphatic rings. The Labute approximate surface area is 132 Å². The predicted molar refractivity (Wildman–Crippen MR) is 88.9 cm³/mol. The molecule has 4 aromatic rings. The number of halogens is 1. The lowest BCUT2D eigenvalue weighted by Crippen LogP contribution is -1.93. The molecular weight excluding hydrogens is 294 g/mol. The molecule has 0 N–H and O–H groups in total. The fraction of sp³-hybridized carbons (Fsp3) is 0. The zero-order valence-corrected chi connectivity index (χ0v) is 12.4. The number of hydrogen-bond donors (Lipinski definition) is 0. The first kappa shape index (κ1) is 13.0. The topological polar surface area (TPSA) is 30.2 Å². The van der Waals surface area contributed by atoms with Crippen LogP contribution in [0.1, 0.15) is 0 Å². The van der Waals surface area contributed by atoms with Crippen LogP contribution in [0.4, 0.5) is 0 Å². The highest BCUT2D eigenvalue weighted by Crippen LogP contribution is 2.29. The van der Waals surface area contributed by atoms with Gasteiger partial charge in [0.15, 0.2) is 5.65 Å². The minimum Gasteiger partial charge on any atom is -0.218 e. The van der Waals surface area contributed by atoms with E-state index >= 15 is 0 Å². The molecule has 0 aliphatic heterocycles. The first-order valence-corrected chi connectivity index (χ1v) is 7.36. The van der Waals surface area contributed by atoms with Gasteiger partial charge in [0.1, 0.15) is 0 Å². The molecule has 0 fully saturated rings. The van der Waals surface area contributed by atoms with E-state index in [4.69, 9.17) is 11.6 Å². The molecule has 3 nitrogen and oxygen atoms in total. The van der Waals surface area contributed by atoms with Crippen LogP contribution in [0.15, 0.2) is 72.9 Å². The van der Waals surface area contributed by atoms with E-state index in [9.17, 15) is 0 Å². The average Bonchev–Trinajstić information content (AvgIpc) is 2.95. The highest BCUT2D eigenvalue weighted by Gasteiger charge is 2.11. The summed E-state index contributed by atoms with van der Waals surface area (Å²) in [6.07, 6.45) is 1.95. The first-order valence-electron chi connectivity index (χ1n) is 6.98. The van der Waals surface area contributed by atoms with Gasteiger partial charge in [-0.3, -0.25) is 0 Å². The van der Waals surface area contributed by atoms with Gasteiger partial charge in [0.25, 0.3) is 0 Å². The van der Waals surface area contributed by atoms with Crippen molar-refractivity contribution in [2.75, 3.05) is 0 Å². The van der Waals surface area contributed by atoms with Crippen molar-refractivity contribution in [3.63, 3.8) is 0 Å². The van der Waals surface area contributed by atoms with Crippen LogP contribution in [0, 0.1) is 0 Å². The Morgan fingerprint density at radius 1 is 0.773 bits per heavy atom. The highest BCUT2D eigenvalue weighted by molar-refractivity contribution is 6.28. The summed E-state index contributed by atoms with van der Waals surface area (Å²) in [5, 5.41) is 4.51. The van der Waals surface area contributed by atoms with E-state index < -0.39 is 0 Å². The molecule has 2 aromatic carbocycles. The number of pyridine rings is 1. The van der Waals surface area contributed by atoms with Crippen molar-refractivity contribution in [1.29, 1.82) is 0 Å². The maximum Gasteiger partial charge on any atom is 0.243 e. The molecule has 0 aliphatic carbocycles. The second-order valence-corrected chi connectivity index (χ2v) is 5.36. The van der Waals surface area contributed by atoms with E-state index in [2.05, 4.69) is 40.4 Å². The van der Waals surface area contributed by atoms with Crippen LogP contribution >= 0.6 is 11.6 Å². The third kappa shape index (κ3) is 2.26. The van der Waals surface area contributed by atoms with Crippen molar-refractivity contribution in [3.05, 3.63) is 78.2 Å². The average molecular weight is 306 g/mol. The van der Waals surface area contributed by atoms with E-state index in [1.54, 1.807) is 4.52 Å². The number of benzene rings is 2. The summed E-state index contributed by atoms with van der Waals surface area (Å²) in [7, 11) is 0. The molecule has 0 spiro atoms. The van der Waals surface area contributed by atoms with Crippen molar-refractivity contribution < 1.29 is 0 Å². The fourth-order valence-corrected chi connectivity index (χ4v) is 2.74. The summed E-state index contributed by atoms with van der Waals surface area (Å²) >= 11 is 6.00. The zero-order valence-electron chi connectivity index (χ0n) is 11.6. The lowest BCUT2D eigenvalue weighted by atomic mass is 10.0. The van der Waals surface area contributed by atoms with Crippen molar-refractivity contribution >= 4 is 17.2 Å². The second kappa shape index (κ2) is 5.28. The Bertz CT molecular complexity index is 931. The second-order valence-electron chi connectivity index (χ2n) is 5.02. The fourth-order valence-electron chi connectivity index (χ4n) is 2.58. The van der Waals surface area contributed by atoms with E-state index in [1.807, 2.05) is 42.6 Å². The van der Waals surface area contributed by atoms with Gasteiger partial charge in [-0.25, -0.2) is 4.52 Å². The molecule has 22 heavy (non-hydrogen) atoms. The minimum absolute atomic E-state index is 0.252. The molecule has 106 valence electrons. The quantitative estimate of drug-likeness (QED) is 0.536. The van der Waals surface area contributed by atoms with Crippen molar-refractivity contribution in [3.8, 4) is 22.3 Å². The Balaban J connectivity index is 2.02. The van der Waals surface area contributed by atoms with Gasteiger partial charge in [0, 0.05) is 17.3 Å². The molecule has 0 atom stereocenters. The number of rotatable bonds is 2. The summed E-state index contributed by atoms with van der Waals surface area (Å²) in [6, 6.07) is 22.5. The summed E-state index contributed by atoms with van der Waals surface area (Å²) in [5.41, 5.74) is 5.08. The number of fused-ring (bicyclic) bond motifs is 1. The molecule has 0 saturated carbocycles. The van der Waals surface area contributed by atoms with Gasteiger partial charge < -0.3 is 0 Å². The zero-order chi connectivity index (χ0) is 14.9. The molecule has 0 amide bonds. The van der Waals surface area contributed by atoms with Crippen LogP contribution in [0.2, 0.25) is 5.28 Å². The van der Waals surface area contributed by atoms with Crippen LogP contribution in [0.5, 0.6) is 0 Å². The van der Waals surface area contributed by atoms with Gasteiger partial charge in [0.2, 0.25) is 5.28 Å². The summed E-state index contributed by atoms with van der Waals surface area (Å²) < 4.78 is 1.74. The van der Waals surface area contributed by atoms with Gasteiger partial charge in [-0.2, -0.15) is 4.98 Å². The molecule has 2 aromatic heterocycles. The predicted octanol–water partition coefficient (Wildman–Crippen LogP) is 4.72. The lowest BCUT2D eigenvalue weighted by Gasteiger charge is -2.08. The molecule has 2 heterocycles. The minimum atomic E-state index is 0.252. The van der Waals surface area contributed by atoms with Gasteiger partial charge in [-0.15, -0.1) is 5.10 Å². The number of nitrogens with zero attached hydrogens (tertiary/aromatic N) is 3. The van der Waals surface area contributed by atoms with E-state index in [1.165, 1.54) is 0 Å². The molecular formula is C18H12ClN3. The summed E-state index contributed by atoms with van der Waals surface area (Å²) in [4.78, 5) is 4.34. The number of aromatic nitrogens is 3. The highest BCUT2D eigenvalue weighted by atomic mass is 35.5. The third-order valence-corrected chi connectivity index (χ3v) is 3.76. The smallest absolute Gasteiger partial charge is 0.218 e. The summed E-state index contributed by atoms with van der Waals surface area (Å²) in [6.45, 7) is 0. The molecule has 4 rings (SSSR count). The van der Waals surface area contributed by atoms with Crippen molar-refractivity contribution in [2.24, 2.45) is 0 Å². The van der Waals surface area contributed by atoms with Gasteiger partial charge >= 0.3 is 0 Å². The molecule has 4 heteroatoms. The maximum atomic E-state index is 6.00. The Kier molecular flexibility index (Phi) is 3.13. The summed E-state index contributed by atoms with van der Waals surface area (Å²) in [5.74, 6) is 0. The lowest BCUT2D eigenvalue weighted by molar-refractivity contribution is 0.964. The first-order chi connectivity index (χ1) is 10.8. The van der Waals surface area contributed by atoms with Gasteiger partial charge in [0.05, 0.1) is 0 Å². The largest absolute Gasteiger partial charge is 0.243 e.